The number of hydrogen-bond acceptors (Lipinski definition) is 4. The normalized spacial score (nSPS) is 15.6. The summed E-state index contributed by atoms with van der Waals surface area (Å²) < 4.78 is 5.88. The first-order valence-corrected chi connectivity index (χ1v) is 10.4. The minimum Gasteiger partial charge on any atom is -0.423 e. The highest BCUT2D eigenvalue weighted by molar-refractivity contribution is 5.94. The van der Waals surface area contributed by atoms with Crippen LogP contribution in [0.4, 0.5) is 6.01 Å². The van der Waals surface area contributed by atoms with Crippen LogP contribution < -0.4 is 10.2 Å². The Morgan fingerprint density at radius 2 is 1.79 bits per heavy atom. The molecule has 0 aliphatic carbocycles. The summed E-state index contributed by atoms with van der Waals surface area (Å²) in [5.74, 6) is 0.486. The molecule has 2 aromatic carbocycles. The van der Waals surface area contributed by atoms with Crippen LogP contribution in [-0.4, -0.2) is 30.5 Å². The Hall–Kier alpha value is -2.82. The van der Waals surface area contributed by atoms with E-state index < -0.39 is 0 Å². The molecule has 1 N–H and O–H groups in total. The molecule has 1 amide bonds. The lowest BCUT2D eigenvalue weighted by Gasteiger charge is -2.30. The molecule has 1 saturated heterocycles. The van der Waals surface area contributed by atoms with Gasteiger partial charge in [0.15, 0.2) is 5.58 Å². The van der Waals surface area contributed by atoms with Crippen LogP contribution in [0.5, 0.6) is 0 Å². The number of para-hydroxylation sites is 2. The fraction of sp³-hybridized carbons (Fsp3) is 0.417. The number of anilines is 1. The van der Waals surface area contributed by atoms with Gasteiger partial charge in [-0.25, -0.2) is 0 Å². The molecule has 0 bridgehead atoms. The lowest BCUT2D eigenvalue weighted by atomic mass is 9.86. The van der Waals surface area contributed by atoms with E-state index in [9.17, 15) is 4.79 Å². The molecule has 29 heavy (non-hydrogen) atoms. The first kappa shape index (κ1) is 19.5. The van der Waals surface area contributed by atoms with Crippen molar-refractivity contribution in [3.05, 3.63) is 59.7 Å². The summed E-state index contributed by atoms with van der Waals surface area (Å²) in [6.07, 6.45) is 2.03. The van der Waals surface area contributed by atoms with Gasteiger partial charge in [0.2, 0.25) is 0 Å². The molecule has 2 heterocycles. The third kappa shape index (κ3) is 4.44. The lowest BCUT2D eigenvalue weighted by molar-refractivity contribution is 0.0944. The minimum absolute atomic E-state index is 0.00633. The molecule has 0 atom stereocenters. The van der Waals surface area contributed by atoms with E-state index in [0.29, 0.717) is 18.5 Å². The second-order valence-corrected chi connectivity index (χ2v) is 8.93. The monoisotopic (exact) mass is 391 g/mol. The molecule has 0 spiro atoms. The quantitative estimate of drug-likeness (QED) is 0.696. The number of carbonyl (C=O) groups is 1. The minimum atomic E-state index is 0.00633. The average Bonchev–Trinajstić information content (AvgIpc) is 3.16. The van der Waals surface area contributed by atoms with E-state index in [2.05, 4.69) is 36.0 Å². The summed E-state index contributed by atoms with van der Waals surface area (Å²) >= 11 is 0. The van der Waals surface area contributed by atoms with Crippen LogP contribution in [0.25, 0.3) is 11.1 Å². The predicted molar refractivity (Wildman–Crippen MR) is 116 cm³/mol. The van der Waals surface area contributed by atoms with E-state index in [1.165, 1.54) is 5.56 Å². The first-order chi connectivity index (χ1) is 13.9. The molecule has 1 fully saturated rings. The van der Waals surface area contributed by atoms with Crippen molar-refractivity contribution in [3.63, 3.8) is 0 Å². The third-order valence-corrected chi connectivity index (χ3v) is 5.73. The maximum absolute atomic E-state index is 12.5. The van der Waals surface area contributed by atoms with Crippen LogP contribution >= 0.6 is 0 Å². The number of hydrogen-bond donors (Lipinski definition) is 1. The van der Waals surface area contributed by atoms with E-state index in [0.717, 1.165) is 42.6 Å². The number of oxazole rings is 1. The molecule has 0 unspecified atom stereocenters. The van der Waals surface area contributed by atoms with Crippen molar-refractivity contribution in [1.82, 2.24) is 10.3 Å². The number of amides is 1. The Kier molecular flexibility index (Phi) is 5.31. The maximum atomic E-state index is 12.5. The SMILES string of the molecule is CC(C)(C)c1ccc(C(=O)NCC2CCN(c3nc4ccccc4o3)CC2)cc1. The van der Waals surface area contributed by atoms with Crippen molar-refractivity contribution in [2.75, 3.05) is 24.5 Å². The Bertz CT molecular complexity index is 944. The smallest absolute Gasteiger partial charge is 0.298 e. The number of nitrogens with one attached hydrogen (secondary N) is 1. The van der Waals surface area contributed by atoms with Crippen molar-refractivity contribution in [3.8, 4) is 0 Å². The van der Waals surface area contributed by atoms with Crippen LogP contribution in [0.15, 0.2) is 52.9 Å². The maximum Gasteiger partial charge on any atom is 0.298 e. The van der Waals surface area contributed by atoms with Gasteiger partial charge >= 0.3 is 0 Å². The first-order valence-electron chi connectivity index (χ1n) is 10.4. The highest BCUT2D eigenvalue weighted by Gasteiger charge is 2.23. The molecule has 5 heteroatoms. The zero-order valence-electron chi connectivity index (χ0n) is 17.4. The Morgan fingerprint density at radius 3 is 2.45 bits per heavy atom. The summed E-state index contributed by atoms with van der Waals surface area (Å²) in [6, 6.07) is 16.5. The van der Waals surface area contributed by atoms with Gasteiger partial charge < -0.3 is 14.6 Å². The summed E-state index contributed by atoms with van der Waals surface area (Å²) in [5.41, 5.74) is 3.78. The van der Waals surface area contributed by atoms with Gasteiger partial charge in [0, 0.05) is 25.2 Å². The predicted octanol–water partition coefficient (Wildman–Crippen LogP) is 4.77. The zero-order chi connectivity index (χ0) is 20.4. The molecule has 0 saturated carbocycles. The molecule has 1 aliphatic rings. The van der Waals surface area contributed by atoms with Gasteiger partial charge in [-0.2, -0.15) is 4.98 Å². The number of aromatic nitrogens is 1. The van der Waals surface area contributed by atoms with Gasteiger partial charge in [-0.1, -0.05) is 45.0 Å². The molecule has 5 nitrogen and oxygen atoms in total. The molecule has 0 radical (unpaired) electrons. The van der Waals surface area contributed by atoms with Crippen LogP contribution in [0.1, 0.15) is 49.5 Å². The largest absolute Gasteiger partial charge is 0.423 e. The lowest BCUT2D eigenvalue weighted by Crippen LogP contribution is -2.38. The number of benzene rings is 2. The molecule has 1 aliphatic heterocycles. The van der Waals surface area contributed by atoms with E-state index in [1.54, 1.807) is 0 Å². The summed E-state index contributed by atoms with van der Waals surface area (Å²) in [5, 5.41) is 3.11. The van der Waals surface area contributed by atoms with Crippen molar-refractivity contribution in [1.29, 1.82) is 0 Å². The Balaban J connectivity index is 1.28. The van der Waals surface area contributed by atoms with E-state index in [-0.39, 0.29) is 11.3 Å². The van der Waals surface area contributed by atoms with Crippen LogP contribution in [0.2, 0.25) is 0 Å². The fourth-order valence-corrected chi connectivity index (χ4v) is 3.78. The molecule has 152 valence electrons. The van der Waals surface area contributed by atoms with Crippen molar-refractivity contribution in [2.45, 2.75) is 39.0 Å². The van der Waals surface area contributed by atoms with Crippen molar-refractivity contribution >= 4 is 23.0 Å². The second kappa shape index (κ2) is 7.90. The van der Waals surface area contributed by atoms with E-state index in [1.807, 2.05) is 48.5 Å². The molecular formula is C24H29N3O2. The van der Waals surface area contributed by atoms with Crippen LogP contribution in [0, 0.1) is 5.92 Å². The Morgan fingerprint density at radius 1 is 1.10 bits per heavy atom. The molecule has 3 aromatic rings. The van der Waals surface area contributed by atoms with Gasteiger partial charge in [-0.05, 0) is 54.0 Å². The van der Waals surface area contributed by atoms with E-state index in [4.69, 9.17) is 4.42 Å². The number of carbonyl (C=O) groups excluding carboxylic acids is 1. The molecule has 4 rings (SSSR count). The van der Waals surface area contributed by atoms with Gasteiger partial charge in [-0.15, -0.1) is 0 Å². The summed E-state index contributed by atoms with van der Waals surface area (Å²) in [7, 11) is 0. The molecule has 1 aromatic heterocycles. The van der Waals surface area contributed by atoms with Gasteiger partial charge in [0.1, 0.15) is 5.52 Å². The van der Waals surface area contributed by atoms with Crippen molar-refractivity contribution < 1.29 is 9.21 Å². The van der Waals surface area contributed by atoms with E-state index >= 15 is 0 Å². The standard InChI is InChI=1S/C24H29N3O2/c1-24(2,3)19-10-8-18(9-11-19)22(28)25-16-17-12-14-27(15-13-17)23-26-20-6-4-5-7-21(20)29-23/h4-11,17H,12-16H2,1-3H3,(H,25,28). The number of nitrogens with zero attached hydrogens (tertiary/aromatic N) is 2. The highest BCUT2D eigenvalue weighted by Crippen LogP contribution is 2.26. The van der Waals surface area contributed by atoms with Gasteiger partial charge in [0.25, 0.3) is 11.9 Å². The van der Waals surface area contributed by atoms with Gasteiger partial charge in [-0.3, -0.25) is 4.79 Å². The Labute approximate surface area is 172 Å². The zero-order valence-corrected chi connectivity index (χ0v) is 17.4. The average molecular weight is 392 g/mol. The number of piperidine rings is 1. The number of rotatable bonds is 4. The van der Waals surface area contributed by atoms with Gasteiger partial charge in [0.05, 0.1) is 0 Å². The number of fused-ring (bicyclic) bond motifs is 1. The molecular weight excluding hydrogens is 362 g/mol. The third-order valence-electron chi connectivity index (χ3n) is 5.73. The van der Waals surface area contributed by atoms with Crippen LogP contribution in [-0.2, 0) is 5.41 Å². The second-order valence-electron chi connectivity index (χ2n) is 8.93. The summed E-state index contributed by atoms with van der Waals surface area (Å²) in [6.45, 7) is 9.03. The summed E-state index contributed by atoms with van der Waals surface area (Å²) in [4.78, 5) is 19.3. The highest BCUT2D eigenvalue weighted by atomic mass is 16.4. The van der Waals surface area contributed by atoms with Crippen LogP contribution in [0.3, 0.4) is 0 Å². The topological polar surface area (TPSA) is 58.4 Å². The fourth-order valence-electron chi connectivity index (χ4n) is 3.78. The van der Waals surface area contributed by atoms with Crippen molar-refractivity contribution in [2.24, 2.45) is 5.92 Å².